The van der Waals surface area contributed by atoms with Gasteiger partial charge in [-0.2, -0.15) is 0 Å². The van der Waals surface area contributed by atoms with Crippen LogP contribution in [-0.2, 0) is 4.74 Å². The third-order valence-corrected chi connectivity index (χ3v) is 2.38. The highest BCUT2D eigenvalue weighted by molar-refractivity contribution is 6.30. The molecule has 6 heteroatoms. The summed E-state index contributed by atoms with van der Waals surface area (Å²) in [5.74, 6) is 5.90. The maximum atomic E-state index is 5.88. The standard InChI is InChI=1S/C12H19ClN4O/c1-2-18-8-4-7-15-12(17-14)16-11-6-3-5-10(13)9-11/h3,5-6,9H,2,4,7-8,14H2,1H3,(H2,15,16,17). The molecule has 0 unspecified atom stereocenters. The van der Waals surface area contributed by atoms with Gasteiger partial charge in [0.25, 0.3) is 0 Å². The molecule has 0 saturated carbocycles. The lowest BCUT2D eigenvalue weighted by Gasteiger charge is -2.09. The van der Waals surface area contributed by atoms with Gasteiger partial charge in [-0.15, -0.1) is 0 Å². The molecule has 0 bridgehead atoms. The number of nitrogens with two attached hydrogens (primary N) is 1. The fourth-order valence-corrected chi connectivity index (χ4v) is 1.52. The van der Waals surface area contributed by atoms with Crippen LogP contribution in [0.4, 0.5) is 5.69 Å². The molecular formula is C12H19ClN4O. The number of hydrogen-bond acceptors (Lipinski definition) is 3. The summed E-state index contributed by atoms with van der Waals surface area (Å²) in [6, 6.07) is 7.35. The lowest BCUT2D eigenvalue weighted by molar-refractivity contribution is 0.146. The van der Waals surface area contributed by atoms with Gasteiger partial charge < -0.3 is 10.1 Å². The van der Waals surface area contributed by atoms with E-state index in [9.17, 15) is 0 Å². The van der Waals surface area contributed by atoms with Gasteiger partial charge in [0, 0.05) is 30.5 Å². The van der Waals surface area contributed by atoms with E-state index in [2.05, 4.69) is 15.7 Å². The average molecular weight is 271 g/mol. The fraction of sp³-hybridized carbons (Fsp3) is 0.417. The summed E-state index contributed by atoms with van der Waals surface area (Å²) < 4.78 is 5.22. The van der Waals surface area contributed by atoms with Crippen molar-refractivity contribution in [2.24, 2.45) is 10.8 Å². The quantitative estimate of drug-likeness (QED) is 0.243. The molecule has 0 saturated heterocycles. The first-order chi connectivity index (χ1) is 8.76. The Hall–Kier alpha value is -1.30. The lowest BCUT2D eigenvalue weighted by atomic mass is 10.3. The monoisotopic (exact) mass is 270 g/mol. The van der Waals surface area contributed by atoms with Crippen LogP contribution in [-0.4, -0.2) is 25.7 Å². The molecule has 0 amide bonds. The minimum atomic E-state index is 0.508. The van der Waals surface area contributed by atoms with Gasteiger partial charge >= 0.3 is 0 Å². The fourth-order valence-electron chi connectivity index (χ4n) is 1.33. The molecule has 0 atom stereocenters. The van der Waals surface area contributed by atoms with Gasteiger partial charge in [-0.3, -0.25) is 10.4 Å². The number of aliphatic imine (C=N–C) groups is 1. The Labute approximate surface area is 112 Å². The summed E-state index contributed by atoms with van der Waals surface area (Å²) in [7, 11) is 0. The molecule has 1 rings (SSSR count). The third kappa shape index (κ3) is 5.86. The van der Waals surface area contributed by atoms with Crippen LogP contribution in [0.5, 0.6) is 0 Å². The predicted octanol–water partition coefficient (Wildman–Crippen LogP) is 2.00. The molecule has 1 aromatic carbocycles. The highest BCUT2D eigenvalue weighted by atomic mass is 35.5. The van der Waals surface area contributed by atoms with Gasteiger partial charge in [0.15, 0.2) is 0 Å². The van der Waals surface area contributed by atoms with E-state index in [1.165, 1.54) is 0 Å². The number of benzene rings is 1. The van der Waals surface area contributed by atoms with E-state index < -0.39 is 0 Å². The number of hydrogen-bond donors (Lipinski definition) is 3. The first kappa shape index (κ1) is 14.8. The number of guanidine groups is 1. The number of halogens is 1. The summed E-state index contributed by atoms with van der Waals surface area (Å²) in [5, 5.41) is 3.71. The zero-order chi connectivity index (χ0) is 13.2. The van der Waals surface area contributed by atoms with Gasteiger partial charge in [-0.25, -0.2) is 5.84 Å². The molecular weight excluding hydrogens is 252 g/mol. The summed E-state index contributed by atoms with van der Waals surface area (Å²) in [6.45, 7) is 4.05. The van der Waals surface area contributed by atoms with Gasteiger partial charge in [-0.05, 0) is 31.5 Å². The van der Waals surface area contributed by atoms with Crippen LogP contribution in [0.15, 0.2) is 29.3 Å². The van der Waals surface area contributed by atoms with Crippen molar-refractivity contribution in [3.8, 4) is 0 Å². The highest BCUT2D eigenvalue weighted by Crippen LogP contribution is 2.14. The van der Waals surface area contributed by atoms with E-state index in [1.54, 1.807) is 6.07 Å². The molecule has 4 N–H and O–H groups in total. The van der Waals surface area contributed by atoms with E-state index in [4.69, 9.17) is 22.2 Å². The Morgan fingerprint density at radius 2 is 2.33 bits per heavy atom. The Morgan fingerprint density at radius 1 is 1.50 bits per heavy atom. The number of anilines is 1. The van der Waals surface area contributed by atoms with Crippen LogP contribution >= 0.6 is 11.6 Å². The van der Waals surface area contributed by atoms with Crippen molar-refractivity contribution in [2.45, 2.75) is 13.3 Å². The Bertz CT molecular complexity index is 384. The molecule has 1 aromatic rings. The number of nitrogens with zero attached hydrogens (tertiary/aromatic N) is 1. The number of hydrazine groups is 1. The van der Waals surface area contributed by atoms with E-state index in [0.29, 0.717) is 24.1 Å². The summed E-state index contributed by atoms with van der Waals surface area (Å²) in [6.07, 6.45) is 0.857. The van der Waals surface area contributed by atoms with Gasteiger partial charge in [0.2, 0.25) is 5.96 Å². The van der Waals surface area contributed by atoms with Gasteiger partial charge in [0.1, 0.15) is 0 Å². The first-order valence-corrected chi connectivity index (χ1v) is 6.25. The first-order valence-electron chi connectivity index (χ1n) is 5.87. The molecule has 0 aliphatic heterocycles. The summed E-state index contributed by atoms with van der Waals surface area (Å²) in [4.78, 5) is 4.29. The topological polar surface area (TPSA) is 71.7 Å². The van der Waals surface area contributed by atoms with Crippen molar-refractivity contribution in [1.29, 1.82) is 0 Å². The molecule has 5 nitrogen and oxygen atoms in total. The minimum Gasteiger partial charge on any atom is -0.382 e. The summed E-state index contributed by atoms with van der Waals surface area (Å²) >= 11 is 5.88. The van der Waals surface area contributed by atoms with Gasteiger partial charge in [0.05, 0.1) is 0 Å². The molecule has 18 heavy (non-hydrogen) atoms. The number of nitrogens with one attached hydrogen (secondary N) is 2. The van der Waals surface area contributed by atoms with Crippen LogP contribution < -0.4 is 16.6 Å². The molecule has 100 valence electrons. The molecule has 0 radical (unpaired) electrons. The molecule has 0 heterocycles. The Kier molecular flexibility index (Phi) is 7.17. The van der Waals surface area contributed by atoms with Crippen molar-refractivity contribution in [2.75, 3.05) is 25.1 Å². The van der Waals surface area contributed by atoms with Crippen LogP contribution in [0.3, 0.4) is 0 Å². The van der Waals surface area contributed by atoms with Crippen molar-refractivity contribution < 1.29 is 4.74 Å². The van der Waals surface area contributed by atoms with E-state index in [0.717, 1.165) is 18.7 Å². The number of rotatable bonds is 6. The smallest absolute Gasteiger partial charge is 0.210 e. The highest BCUT2D eigenvalue weighted by Gasteiger charge is 1.98. The SMILES string of the molecule is CCOCCCN=C(NN)Nc1cccc(Cl)c1. The van der Waals surface area contributed by atoms with Crippen molar-refractivity contribution >= 4 is 23.2 Å². The maximum absolute atomic E-state index is 5.88. The zero-order valence-corrected chi connectivity index (χ0v) is 11.2. The Balaban J connectivity index is 2.43. The van der Waals surface area contributed by atoms with Crippen molar-refractivity contribution in [3.05, 3.63) is 29.3 Å². The second-order valence-corrected chi connectivity index (χ2v) is 4.00. The van der Waals surface area contributed by atoms with E-state index >= 15 is 0 Å². The molecule has 0 fully saturated rings. The lowest BCUT2D eigenvalue weighted by Crippen LogP contribution is -2.36. The van der Waals surface area contributed by atoms with Crippen molar-refractivity contribution in [3.63, 3.8) is 0 Å². The summed E-state index contributed by atoms with van der Waals surface area (Å²) in [5.41, 5.74) is 3.35. The second kappa shape index (κ2) is 8.74. The largest absolute Gasteiger partial charge is 0.382 e. The third-order valence-electron chi connectivity index (χ3n) is 2.14. The second-order valence-electron chi connectivity index (χ2n) is 3.56. The average Bonchev–Trinajstić information content (AvgIpc) is 2.37. The van der Waals surface area contributed by atoms with Gasteiger partial charge in [-0.1, -0.05) is 17.7 Å². The van der Waals surface area contributed by atoms with E-state index in [1.807, 2.05) is 25.1 Å². The molecule has 0 aliphatic rings. The zero-order valence-electron chi connectivity index (χ0n) is 10.4. The maximum Gasteiger partial charge on any atom is 0.210 e. The van der Waals surface area contributed by atoms with E-state index in [-0.39, 0.29) is 0 Å². The predicted molar refractivity (Wildman–Crippen MR) is 75.8 cm³/mol. The van der Waals surface area contributed by atoms with Crippen LogP contribution in [0.1, 0.15) is 13.3 Å². The molecule has 0 aromatic heterocycles. The number of ether oxygens (including phenoxy) is 1. The van der Waals surface area contributed by atoms with Crippen LogP contribution in [0.25, 0.3) is 0 Å². The molecule has 0 spiro atoms. The Morgan fingerprint density at radius 3 is 3.00 bits per heavy atom. The van der Waals surface area contributed by atoms with Crippen molar-refractivity contribution in [1.82, 2.24) is 5.43 Å². The van der Waals surface area contributed by atoms with Crippen LogP contribution in [0.2, 0.25) is 5.02 Å². The molecule has 0 aliphatic carbocycles. The van der Waals surface area contributed by atoms with Crippen LogP contribution in [0, 0.1) is 0 Å². The normalized spacial score (nSPS) is 11.4. The minimum absolute atomic E-state index is 0.508.